The average Bonchev–Trinajstić information content (AvgIpc) is 2.95. The van der Waals surface area contributed by atoms with E-state index >= 15 is 0 Å². The van der Waals surface area contributed by atoms with Crippen molar-refractivity contribution in [3.8, 4) is 11.5 Å². The lowest BCUT2D eigenvalue weighted by Crippen LogP contribution is -2.29. The zero-order valence-electron chi connectivity index (χ0n) is 15.7. The number of imide groups is 1. The van der Waals surface area contributed by atoms with Crippen molar-refractivity contribution in [1.29, 1.82) is 0 Å². The van der Waals surface area contributed by atoms with E-state index < -0.39 is 16.7 Å². The minimum absolute atomic E-state index is 0.0886. The maximum atomic E-state index is 12.8. The molecule has 7 nitrogen and oxygen atoms in total. The van der Waals surface area contributed by atoms with Gasteiger partial charge in [-0.15, -0.1) is 0 Å². The van der Waals surface area contributed by atoms with Gasteiger partial charge in [0.25, 0.3) is 17.5 Å². The number of benzene rings is 3. The Balaban J connectivity index is 1.79. The van der Waals surface area contributed by atoms with Gasteiger partial charge in [0.1, 0.15) is 11.5 Å². The number of nitrogens with zero attached hydrogens (tertiary/aromatic N) is 2. The molecule has 2 amide bonds. The highest BCUT2D eigenvalue weighted by molar-refractivity contribution is 6.34. The van der Waals surface area contributed by atoms with Crippen molar-refractivity contribution in [3.05, 3.63) is 93.0 Å². The fraction of sp³-hybridized carbons (Fsp3) is 0.0909. The Hall–Kier alpha value is -4.00. The number of non-ortho nitro benzene ring substituents is 1. The van der Waals surface area contributed by atoms with Crippen molar-refractivity contribution >= 4 is 23.2 Å². The molecule has 1 heterocycles. The Morgan fingerprint density at radius 1 is 0.897 bits per heavy atom. The van der Waals surface area contributed by atoms with Crippen molar-refractivity contribution in [3.63, 3.8) is 0 Å². The zero-order valence-corrected chi connectivity index (χ0v) is 15.7. The first-order valence-corrected chi connectivity index (χ1v) is 8.87. The summed E-state index contributed by atoms with van der Waals surface area (Å²) in [6.07, 6.45) is 0. The number of hydrogen-bond donors (Lipinski definition) is 0. The molecule has 0 atom stereocenters. The Labute approximate surface area is 166 Å². The van der Waals surface area contributed by atoms with Crippen molar-refractivity contribution in [2.45, 2.75) is 13.8 Å². The predicted octanol–water partition coefficient (Wildman–Crippen LogP) is 4.80. The summed E-state index contributed by atoms with van der Waals surface area (Å²) in [5, 5.41) is 11.4. The topological polar surface area (TPSA) is 89.8 Å². The zero-order chi connectivity index (χ0) is 20.7. The molecule has 1 aliphatic rings. The lowest BCUT2D eigenvalue weighted by Gasteiger charge is -2.16. The highest BCUT2D eigenvalue weighted by Gasteiger charge is 2.37. The molecule has 0 spiro atoms. The van der Waals surface area contributed by atoms with Gasteiger partial charge in [0.15, 0.2) is 0 Å². The van der Waals surface area contributed by atoms with Gasteiger partial charge in [-0.1, -0.05) is 24.3 Å². The maximum Gasteiger partial charge on any atom is 0.275 e. The summed E-state index contributed by atoms with van der Waals surface area (Å²) in [5.41, 5.74) is 2.16. The van der Waals surface area contributed by atoms with Crippen molar-refractivity contribution in [1.82, 2.24) is 0 Å². The second-order valence-corrected chi connectivity index (χ2v) is 6.80. The Morgan fingerprint density at radius 3 is 2.17 bits per heavy atom. The summed E-state index contributed by atoms with van der Waals surface area (Å²) >= 11 is 0. The first kappa shape index (κ1) is 18.4. The van der Waals surface area contributed by atoms with Gasteiger partial charge >= 0.3 is 0 Å². The first-order chi connectivity index (χ1) is 13.8. The number of ether oxygens (including phenoxy) is 1. The molecule has 0 fully saturated rings. The fourth-order valence-corrected chi connectivity index (χ4v) is 3.23. The lowest BCUT2D eigenvalue weighted by molar-refractivity contribution is -0.384. The highest BCUT2D eigenvalue weighted by atomic mass is 16.6. The molecule has 3 aromatic rings. The molecular formula is C22H16N2O5. The van der Waals surface area contributed by atoms with Crippen LogP contribution in [-0.2, 0) is 0 Å². The molecule has 0 unspecified atom stereocenters. The van der Waals surface area contributed by atoms with Gasteiger partial charge in [0, 0.05) is 12.1 Å². The van der Waals surface area contributed by atoms with Crippen molar-refractivity contribution < 1.29 is 19.2 Å². The highest BCUT2D eigenvalue weighted by Crippen LogP contribution is 2.36. The second kappa shape index (κ2) is 6.87. The number of amides is 2. The number of aryl methyl sites for hydroxylation is 2. The van der Waals surface area contributed by atoms with Crippen LogP contribution in [0.5, 0.6) is 11.5 Å². The van der Waals surface area contributed by atoms with E-state index in [1.165, 1.54) is 18.2 Å². The lowest BCUT2D eigenvalue weighted by atomic mass is 10.1. The fourth-order valence-electron chi connectivity index (χ4n) is 3.23. The third kappa shape index (κ3) is 3.23. The average molecular weight is 388 g/mol. The van der Waals surface area contributed by atoms with Gasteiger partial charge in [-0.25, -0.2) is 4.90 Å². The van der Waals surface area contributed by atoms with Crippen LogP contribution in [0.1, 0.15) is 31.8 Å². The molecule has 3 aromatic carbocycles. The Bertz CT molecular complexity index is 1150. The molecular weight excluding hydrogens is 372 g/mol. The monoisotopic (exact) mass is 388 g/mol. The summed E-state index contributed by atoms with van der Waals surface area (Å²) in [7, 11) is 0. The molecule has 7 heteroatoms. The van der Waals surface area contributed by atoms with Crippen LogP contribution in [0, 0.1) is 24.0 Å². The van der Waals surface area contributed by atoms with Crippen LogP contribution in [0.15, 0.2) is 60.7 Å². The molecule has 0 saturated heterocycles. The second-order valence-electron chi connectivity index (χ2n) is 6.80. The normalized spacial score (nSPS) is 12.8. The molecule has 0 bridgehead atoms. The number of nitro groups is 1. The van der Waals surface area contributed by atoms with Crippen LogP contribution in [-0.4, -0.2) is 16.7 Å². The van der Waals surface area contributed by atoms with Gasteiger partial charge in [0.05, 0.1) is 27.8 Å². The van der Waals surface area contributed by atoms with Gasteiger partial charge in [-0.2, -0.15) is 0 Å². The first-order valence-electron chi connectivity index (χ1n) is 8.87. The molecule has 0 radical (unpaired) electrons. The summed E-state index contributed by atoms with van der Waals surface area (Å²) in [6.45, 7) is 3.77. The molecule has 0 N–H and O–H groups in total. The van der Waals surface area contributed by atoms with Crippen molar-refractivity contribution in [2.75, 3.05) is 4.90 Å². The van der Waals surface area contributed by atoms with E-state index in [1.807, 2.05) is 32.0 Å². The third-order valence-electron chi connectivity index (χ3n) is 4.71. The van der Waals surface area contributed by atoms with E-state index in [9.17, 15) is 19.7 Å². The number of rotatable bonds is 4. The van der Waals surface area contributed by atoms with E-state index in [1.54, 1.807) is 24.3 Å². The van der Waals surface area contributed by atoms with Crippen LogP contribution >= 0.6 is 0 Å². The van der Waals surface area contributed by atoms with E-state index in [0.29, 0.717) is 5.75 Å². The van der Waals surface area contributed by atoms with Crippen LogP contribution in [0.3, 0.4) is 0 Å². The van der Waals surface area contributed by atoms with Crippen molar-refractivity contribution in [2.24, 2.45) is 0 Å². The third-order valence-corrected chi connectivity index (χ3v) is 4.71. The number of carbonyl (C=O) groups is 2. The standard InChI is InChI=1S/C22H16N2O5/c1-13-7-8-14(2)20(9-13)29-17-11-15(10-16(12-17)24(27)28)23-21(25)18-5-3-4-6-19(18)22(23)26/h3-12H,1-2H3. The Morgan fingerprint density at radius 2 is 1.55 bits per heavy atom. The maximum absolute atomic E-state index is 12.8. The largest absolute Gasteiger partial charge is 0.457 e. The number of anilines is 1. The summed E-state index contributed by atoms with van der Waals surface area (Å²) in [4.78, 5) is 37.3. The van der Waals surface area contributed by atoms with Crippen LogP contribution < -0.4 is 9.64 Å². The van der Waals surface area contributed by atoms with Crippen LogP contribution in [0.2, 0.25) is 0 Å². The molecule has 1 aliphatic heterocycles. The minimum Gasteiger partial charge on any atom is -0.457 e. The van der Waals surface area contributed by atoms with Gasteiger partial charge in [-0.05, 0) is 43.2 Å². The van der Waals surface area contributed by atoms with Crippen LogP contribution in [0.4, 0.5) is 11.4 Å². The van der Waals surface area contributed by atoms with E-state index in [-0.39, 0.29) is 28.3 Å². The summed E-state index contributed by atoms with van der Waals surface area (Å²) in [6, 6.07) is 16.0. The molecule has 4 rings (SSSR count). The van der Waals surface area contributed by atoms with E-state index in [0.717, 1.165) is 16.0 Å². The van der Waals surface area contributed by atoms with Gasteiger partial charge in [0.2, 0.25) is 0 Å². The molecule has 29 heavy (non-hydrogen) atoms. The minimum atomic E-state index is -0.586. The van der Waals surface area contributed by atoms with Gasteiger partial charge < -0.3 is 4.74 Å². The quantitative estimate of drug-likeness (QED) is 0.364. The van der Waals surface area contributed by atoms with Gasteiger partial charge in [-0.3, -0.25) is 19.7 Å². The SMILES string of the molecule is Cc1ccc(C)c(Oc2cc(N3C(=O)c4ccccc4C3=O)cc([N+](=O)[O-])c2)c1. The number of hydrogen-bond acceptors (Lipinski definition) is 5. The molecule has 0 aromatic heterocycles. The summed E-state index contributed by atoms with van der Waals surface area (Å²) < 4.78 is 5.87. The number of fused-ring (bicyclic) bond motifs is 1. The van der Waals surface area contributed by atoms with Crippen LogP contribution in [0.25, 0.3) is 0 Å². The number of carbonyl (C=O) groups excluding carboxylic acids is 2. The Kier molecular flexibility index (Phi) is 4.35. The molecule has 0 aliphatic carbocycles. The van der Waals surface area contributed by atoms with E-state index in [4.69, 9.17) is 4.74 Å². The molecule has 144 valence electrons. The van der Waals surface area contributed by atoms with E-state index in [2.05, 4.69) is 0 Å². The smallest absolute Gasteiger partial charge is 0.275 e. The predicted molar refractivity (Wildman–Crippen MR) is 107 cm³/mol. The number of nitro benzene ring substituents is 1. The summed E-state index contributed by atoms with van der Waals surface area (Å²) in [5.74, 6) is -0.342. The molecule has 0 saturated carbocycles.